The van der Waals surface area contributed by atoms with E-state index in [-0.39, 0.29) is 17.5 Å². The summed E-state index contributed by atoms with van der Waals surface area (Å²) in [5.41, 5.74) is 2.22. The van der Waals surface area contributed by atoms with Gasteiger partial charge in [-0.3, -0.25) is 14.9 Å². The summed E-state index contributed by atoms with van der Waals surface area (Å²) < 4.78 is 5.49. The van der Waals surface area contributed by atoms with Crippen LogP contribution in [0, 0.1) is 17.0 Å². The summed E-state index contributed by atoms with van der Waals surface area (Å²) in [5, 5.41) is 15.1. The third-order valence-electron chi connectivity index (χ3n) is 5.08. The number of amides is 1. The number of nitro groups is 1. The number of hydrogen-bond donors (Lipinski definition) is 0. The maximum atomic E-state index is 12.9. The largest absolute Gasteiger partial charge is 0.339 e. The summed E-state index contributed by atoms with van der Waals surface area (Å²) >= 11 is 0. The lowest BCUT2D eigenvalue weighted by Crippen LogP contribution is -2.39. The van der Waals surface area contributed by atoms with Crippen LogP contribution in [0.1, 0.15) is 40.6 Å². The first-order valence-electron chi connectivity index (χ1n) is 9.45. The Morgan fingerprint density at radius 2 is 2.07 bits per heavy atom. The SMILES string of the molecule is Cc1cccc(-c2noc(C3CCCN(C(=O)c4cccc([N+](=O)[O-])c4)C3)n2)c1. The summed E-state index contributed by atoms with van der Waals surface area (Å²) in [6.45, 7) is 3.04. The number of hydrogen-bond acceptors (Lipinski definition) is 6. The molecule has 1 aromatic heterocycles. The van der Waals surface area contributed by atoms with Crippen LogP contribution in [0.25, 0.3) is 11.4 Å². The van der Waals surface area contributed by atoms with Crippen LogP contribution in [0.15, 0.2) is 53.1 Å². The van der Waals surface area contributed by atoms with E-state index in [0.717, 1.165) is 24.0 Å². The molecule has 4 rings (SSSR count). The van der Waals surface area contributed by atoms with Crippen LogP contribution in [-0.2, 0) is 0 Å². The normalized spacial score (nSPS) is 16.6. The van der Waals surface area contributed by atoms with Crippen molar-refractivity contribution in [3.8, 4) is 11.4 Å². The van der Waals surface area contributed by atoms with E-state index < -0.39 is 4.92 Å². The van der Waals surface area contributed by atoms with E-state index in [2.05, 4.69) is 10.1 Å². The minimum absolute atomic E-state index is 0.0579. The summed E-state index contributed by atoms with van der Waals surface area (Å²) in [6, 6.07) is 13.7. The lowest BCUT2D eigenvalue weighted by Gasteiger charge is -2.31. The van der Waals surface area contributed by atoms with E-state index in [9.17, 15) is 14.9 Å². The van der Waals surface area contributed by atoms with Gasteiger partial charge in [0.2, 0.25) is 11.7 Å². The van der Waals surface area contributed by atoms with E-state index in [1.54, 1.807) is 11.0 Å². The van der Waals surface area contributed by atoms with Crippen molar-refractivity contribution in [1.29, 1.82) is 0 Å². The zero-order chi connectivity index (χ0) is 20.4. The second kappa shape index (κ2) is 7.83. The van der Waals surface area contributed by atoms with Gasteiger partial charge >= 0.3 is 0 Å². The minimum Gasteiger partial charge on any atom is -0.339 e. The number of nitro benzene ring substituents is 1. The Bertz CT molecular complexity index is 1060. The molecule has 1 amide bonds. The number of rotatable bonds is 4. The molecule has 0 saturated carbocycles. The Morgan fingerprint density at radius 3 is 2.86 bits per heavy atom. The number of aromatic nitrogens is 2. The molecule has 1 atom stereocenters. The lowest BCUT2D eigenvalue weighted by atomic mass is 9.97. The minimum atomic E-state index is -0.499. The average molecular weight is 392 g/mol. The van der Waals surface area contributed by atoms with Gasteiger partial charge in [-0.2, -0.15) is 4.98 Å². The first-order chi connectivity index (χ1) is 14.0. The first kappa shape index (κ1) is 18.8. The van der Waals surface area contributed by atoms with Crippen LogP contribution in [0.5, 0.6) is 0 Å². The zero-order valence-electron chi connectivity index (χ0n) is 15.9. The van der Waals surface area contributed by atoms with Gasteiger partial charge in [-0.25, -0.2) is 0 Å². The first-order valence-corrected chi connectivity index (χ1v) is 9.45. The van der Waals surface area contributed by atoms with Crippen LogP contribution in [0.3, 0.4) is 0 Å². The Labute approximate surface area is 167 Å². The number of piperidine rings is 1. The van der Waals surface area contributed by atoms with Gasteiger partial charge in [0.1, 0.15) is 0 Å². The molecular weight excluding hydrogens is 372 g/mol. The molecule has 0 bridgehead atoms. The van der Waals surface area contributed by atoms with Crippen molar-refractivity contribution >= 4 is 11.6 Å². The molecule has 2 aromatic carbocycles. The average Bonchev–Trinajstić information content (AvgIpc) is 3.24. The second-order valence-corrected chi connectivity index (χ2v) is 7.22. The maximum absolute atomic E-state index is 12.9. The van der Waals surface area contributed by atoms with Crippen molar-refractivity contribution in [2.75, 3.05) is 13.1 Å². The van der Waals surface area contributed by atoms with Gasteiger partial charge in [0.05, 0.1) is 10.8 Å². The fraction of sp³-hybridized carbons (Fsp3) is 0.286. The van der Waals surface area contributed by atoms with E-state index in [0.29, 0.717) is 30.4 Å². The highest BCUT2D eigenvalue weighted by Crippen LogP contribution is 2.29. The highest BCUT2D eigenvalue weighted by molar-refractivity contribution is 5.95. The maximum Gasteiger partial charge on any atom is 0.270 e. The Balaban J connectivity index is 1.51. The molecule has 2 heterocycles. The van der Waals surface area contributed by atoms with Crippen LogP contribution >= 0.6 is 0 Å². The number of likely N-dealkylation sites (tertiary alicyclic amines) is 1. The van der Waals surface area contributed by atoms with Gasteiger partial charge in [-0.15, -0.1) is 0 Å². The van der Waals surface area contributed by atoms with Crippen molar-refractivity contribution in [2.45, 2.75) is 25.7 Å². The predicted molar refractivity (Wildman–Crippen MR) is 105 cm³/mol. The van der Waals surface area contributed by atoms with Gasteiger partial charge in [-0.05, 0) is 31.9 Å². The van der Waals surface area contributed by atoms with E-state index in [1.807, 2.05) is 31.2 Å². The van der Waals surface area contributed by atoms with Crippen LogP contribution in [-0.4, -0.2) is 39.0 Å². The van der Waals surface area contributed by atoms with Gasteiger partial charge in [0.15, 0.2) is 0 Å². The molecule has 0 aliphatic carbocycles. The van der Waals surface area contributed by atoms with E-state index >= 15 is 0 Å². The molecule has 1 unspecified atom stereocenters. The fourth-order valence-corrected chi connectivity index (χ4v) is 3.60. The molecular formula is C21H20N4O4. The third-order valence-corrected chi connectivity index (χ3v) is 5.08. The van der Waals surface area contributed by atoms with Gasteiger partial charge in [-0.1, -0.05) is 35.0 Å². The van der Waals surface area contributed by atoms with Crippen LogP contribution in [0.2, 0.25) is 0 Å². The van der Waals surface area contributed by atoms with E-state index in [4.69, 9.17) is 4.52 Å². The zero-order valence-corrected chi connectivity index (χ0v) is 15.9. The Hall–Kier alpha value is -3.55. The van der Waals surface area contributed by atoms with Crippen molar-refractivity contribution in [2.24, 2.45) is 0 Å². The number of non-ortho nitro benzene ring substituents is 1. The van der Waals surface area contributed by atoms with Crippen LogP contribution in [0.4, 0.5) is 5.69 Å². The summed E-state index contributed by atoms with van der Waals surface area (Å²) in [7, 11) is 0. The molecule has 1 aliphatic heterocycles. The number of carbonyl (C=O) groups excluding carboxylic acids is 1. The summed E-state index contributed by atoms with van der Waals surface area (Å²) in [5.74, 6) is 0.762. The van der Waals surface area contributed by atoms with Gasteiger partial charge in [0, 0.05) is 36.3 Å². The number of nitrogens with zero attached hydrogens (tertiary/aromatic N) is 4. The highest BCUT2D eigenvalue weighted by atomic mass is 16.6. The molecule has 3 aromatic rings. The van der Waals surface area contributed by atoms with Gasteiger partial charge in [0.25, 0.3) is 11.6 Å². The number of aryl methyl sites for hydroxylation is 1. The fourth-order valence-electron chi connectivity index (χ4n) is 3.60. The van der Waals surface area contributed by atoms with E-state index in [1.165, 1.54) is 18.2 Å². The van der Waals surface area contributed by atoms with Crippen LogP contribution < -0.4 is 0 Å². The van der Waals surface area contributed by atoms with Crippen molar-refractivity contribution < 1.29 is 14.2 Å². The molecule has 8 nitrogen and oxygen atoms in total. The van der Waals surface area contributed by atoms with Crippen molar-refractivity contribution in [3.05, 3.63) is 75.7 Å². The highest BCUT2D eigenvalue weighted by Gasteiger charge is 2.29. The van der Waals surface area contributed by atoms with Crippen molar-refractivity contribution in [1.82, 2.24) is 15.0 Å². The lowest BCUT2D eigenvalue weighted by molar-refractivity contribution is -0.384. The molecule has 29 heavy (non-hydrogen) atoms. The monoisotopic (exact) mass is 392 g/mol. The Morgan fingerprint density at radius 1 is 1.24 bits per heavy atom. The van der Waals surface area contributed by atoms with Gasteiger partial charge < -0.3 is 9.42 Å². The Kier molecular flexibility index (Phi) is 5.07. The second-order valence-electron chi connectivity index (χ2n) is 7.22. The number of carbonyl (C=O) groups is 1. The molecule has 0 radical (unpaired) electrons. The van der Waals surface area contributed by atoms with Crippen molar-refractivity contribution in [3.63, 3.8) is 0 Å². The molecule has 1 fully saturated rings. The molecule has 0 N–H and O–H groups in total. The molecule has 1 saturated heterocycles. The molecule has 8 heteroatoms. The smallest absolute Gasteiger partial charge is 0.270 e. The predicted octanol–water partition coefficient (Wildman–Crippen LogP) is 3.97. The summed E-state index contributed by atoms with van der Waals surface area (Å²) in [4.78, 5) is 29.6. The molecule has 0 spiro atoms. The third kappa shape index (κ3) is 4.01. The summed E-state index contributed by atoms with van der Waals surface area (Å²) in [6.07, 6.45) is 1.64. The molecule has 148 valence electrons. The molecule has 1 aliphatic rings. The topological polar surface area (TPSA) is 102 Å². The number of benzene rings is 2. The quantitative estimate of drug-likeness (QED) is 0.492. The standard InChI is InChI=1S/C21H20N4O4/c1-14-5-2-6-15(11-14)19-22-20(29-23-19)17-8-4-10-24(13-17)21(26)16-7-3-9-18(12-16)25(27)28/h2-3,5-7,9,11-12,17H,4,8,10,13H2,1H3.